The minimum absolute atomic E-state index is 0.258. The van der Waals surface area contributed by atoms with Crippen LogP contribution in [0.3, 0.4) is 0 Å². The van der Waals surface area contributed by atoms with Gasteiger partial charge in [0.2, 0.25) is 0 Å². The molecule has 0 unspecified atom stereocenters. The van der Waals surface area contributed by atoms with Gasteiger partial charge in [0.25, 0.3) is 0 Å². The summed E-state index contributed by atoms with van der Waals surface area (Å²) in [6, 6.07) is 13.6. The van der Waals surface area contributed by atoms with Crippen molar-refractivity contribution in [3.63, 3.8) is 0 Å². The van der Waals surface area contributed by atoms with Crippen LogP contribution in [0.15, 0.2) is 55.0 Å². The predicted octanol–water partition coefficient (Wildman–Crippen LogP) is 4.22. The van der Waals surface area contributed by atoms with Crippen LogP contribution in [0.1, 0.15) is 16.7 Å². The van der Waals surface area contributed by atoms with Crippen molar-refractivity contribution in [2.45, 2.75) is 13.1 Å². The summed E-state index contributed by atoms with van der Waals surface area (Å²) < 4.78 is 0. The van der Waals surface area contributed by atoms with Crippen molar-refractivity contribution < 1.29 is 0 Å². The van der Waals surface area contributed by atoms with E-state index < -0.39 is 0 Å². The molecule has 4 rings (SSSR count). The maximum absolute atomic E-state index is 10.0. The van der Waals surface area contributed by atoms with E-state index in [0.717, 1.165) is 33.2 Å². The molecule has 6 nitrogen and oxygen atoms in total. The average Bonchev–Trinajstić information content (AvgIpc) is 3.22. The number of fused-ring (bicyclic) bond motifs is 1. The van der Waals surface area contributed by atoms with Crippen molar-refractivity contribution in [2.75, 3.05) is 5.32 Å². The number of nitrogens with zero attached hydrogens (tertiary/aromatic N) is 3. The Morgan fingerprint density at radius 1 is 1.18 bits per heavy atom. The summed E-state index contributed by atoms with van der Waals surface area (Å²) in [5.74, 6) is 0. The first kappa shape index (κ1) is 18.0. The summed E-state index contributed by atoms with van der Waals surface area (Å²) in [5, 5.41) is 22.0. The first-order valence-corrected chi connectivity index (χ1v) is 9.12. The second-order valence-electron chi connectivity index (χ2n) is 6.27. The first-order chi connectivity index (χ1) is 13.7. The fourth-order valence-electron chi connectivity index (χ4n) is 3.40. The van der Waals surface area contributed by atoms with Crippen LogP contribution >= 0.6 is 11.6 Å². The van der Waals surface area contributed by atoms with Crippen molar-refractivity contribution in [1.29, 1.82) is 5.26 Å². The topological polar surface area (TPSA) is 103 Å². The molecule has 0 aliphatic rings. The lowest BCUT2D eigenvalue weighted by atomic mass is 9.90. The van der Waals surface area contributed by atoms with Gasteiger partial charge in [-0.1, -0.05) is 35.9 Å². The third-order valence-electron chi connectivity index (χ3n) is 4.67. The molecule has 2 aromatic heterocycles. The van der Waals surface area contributed by atoms with Gasteiger partial charge in [0, 0.05) is 47.0 Å². The van der Waals surface area contributed by atoms with Crippen molar-refractivity contribution in [3.8, 4) is 17.2 Å². The van der Waals surface area contributed by atoms with Crippen LogP contribution in [-0.2, 0) is 13.1 Å². The van der Waals surface area contributed by atoms with Crippen molar-refractivity contribution in [2.24, 2.45) is 5.73 Å². The third kappa shape index (κ3) is 3.07. The standard InChI is InChI=1S/C21H17ClN6/c22-18-6-2-1-5-14(18)19-15(8-23)17-12-27-28-21(17)20(16(19)9-24)26-11-13-4-3-7-25-10-13/h1-7,10,12,26H,8,11,23H2,(H,27,28). The SMILES string of the molecule is N#Cc1c(-c2ccccc2Cl)c(CN)c2cn[nH]c2c1NCc1cccnc1. The van der Waals surface area contributed by atoms with Gasteiger partial charge in [0.05, 0.1) is 23.0 Å². The van der Waals surface area contributed by atoms with Gasteiger partial charge >= 0.3 is 0 Å². The highest BCUT2D eigenvalue weighted by molar-refractivity contribution is 6.33. The van der Waals surface area contributed by atoms with Crippen molar-refractivity contribution in [3.05, 3.63) is 76.7 Å². The lowest BCUT2D eigenvalue weighted by Gasteiger charge is -2.18. The molecule has 0 spiro atoms. The van der Waals surface area contributed by atoms with Gasteiger partial charge in [-0.05, 0) is 23.3 Å². The predicted molar refractivity (Wildman–Crippen MR) is 111 cm³/mol. The molecule has 0 saturated carbocycles. The molecule has 0 atom stereocenters. The number of pyridine rings is 1. The minimum atomic E-state index is 0.258. The Balaban J connectivity index is 1.96. The molecule has 0 fully saturated rings. The van der Waals surface area contributed by atoms with Crippen LogP contribution in [-0.4, -0.2) is 15.2 Å². The summed E-state index contributed by atoms with van der Waals surface area (Å²) >= 11 is 6.46. The van der Waals surface area contributed by atoms with Crippen LogP contribution in [0.5, 0.6) is 0 Å². The maximum atomic E-state index is 10.0. The number of benzene rings is 2. The van der Waals surface area contributed by atoms with Gasteiger partial charge in [-0.15, -0.1) is 0 Å². The number of H-pyrrole nitrogens is 1. The van der Waals surface area contributed by atoms with E-state index in [1.54, 1.807) is 24.7 Å². The highest BCUT2D eigenvalue weighted by Crippen LogP contribution is 2.41. The molecule has 0 aliphatic carbocycles. The lowest BCUT2D eigenvalue weighted by Crippen LogP contribution is -2.08. The molecule has 4 N–H and O–H groups in total. The monoisotopic (exact) mass is 388 g/mol. The zero-order valence-corrected chi connectivity index (χ0v) is 15.7. The molecule has 4 aromatic rings. The van der Waals surface area contributed by atoms with Crippen LogP contribution in [0.4, 0.5) is 5.69 Å². The number of rotatable bonds is 5. The summed E-state index contributed by atoms with van der Waals surface area (Å²) in [5.41, 5.74) is 11.3. The van der Waals surface area contributed by atoms with E-state index in [-0.39, 0.29) is 6.54 Å². The molecular formula is C21H17ClN6. The molecule has 0 aliphatic heterocycles. The molecule has 0 amide bonds. The fourth-order valence-corrected chi connectivity index (χ4v) is 3.63. The Labute approximate surface area is 167 Å². The number of aromatic amines is 1. The number of halogens is 1. The van der Waals surface area contributed by atoms with Gasteiger partial charge in [-0.25, -0.2) is 0 Å². The number of nitriles is 1. The Morgan fingerprint density at radius 2 is 2.04 bits per heavy atom. The van der Waals surface area contributed by atoms with E-state index in [2.05, 4.69) is 26.6 Å². The van der Waals surface area contributed by atoms with Gasteiger partial charge in [-0.2, -0.15) is 10.4 Å². The molecule has 2 heterocycles. The Kier molecular flexibility index (Phi) is 4.94. The van der Waals surface area contributed by atoms with E-state index in [1.165, 1.54) is 0 Å². The zero-order chi connectivity index (χ0) is 19.5. The zero-order valence-electron chi connectivity index (χ0n) is 14.9. The van der Waals surface area contributed by atoms with Crippen LogP contribution < -0.4 is 11.1 Å². The Morgan fingerprint density at radius 3 is 2.75 bits per heavy atom. The van der Waals surface area contributed by atoms with E-state index in [1.807, 2.05) is 30.3 Å². The molecule has 0 bridgehead atoms. The summed E-state index contributed by atoms with van der Waals surface area (Å²) in [6.45, 7) is 0.773. The van der Waals surface area contributed by atoms with Gasteiger partial charge in [-0.3, -0.25) is 10.1 Å². The number of nitrogens with one attached hydrogen (secondary N) is 2. The third-order valence-corrected chi connectivity index (χ3v) is 5.00. The highest BCUT2D eigenvalue weighted by atomic mass is 35.5. The summed E-state index contributed by atoms with van der Waals surface area (Å²) in [4.78, 5) is 4.14. The smallest absolute Gasteiger partial charge is 0.102 e. The van der Waals surface area contributed by atoms with Crippen LogP contribution in [0.2, 0.25) is 5.02 Å². The quantitative estimate of drug-likeness (QED) is 0.475. The normalized spacial score (nSPS) is 10.8. The lowest BCUT2D eigenvalue weighted by molar-refractivity contribution is 1.08. The highest BCUT2D eigenvalue weighted by Gasteiger charge is 2.22. The number of hydrogen-bond donors (Lipinski definition) is 3. The molecule has 0 radical (unpaired) electrons. The van der Waals surface area contributed by atoms with Crippen molar-refractivity contribution in [1.82, 2.24) is 15.2 Å². The van der Waals surface area contributed by atoms with Gasteiger partial charge < -0.3 is 11.1 Å². The van der Waals surface area contributed by atoms with E-state index in [4.69, 9.17) is 17.3 Å². The molecule has 28 heavy (non-hydrogen) atoms. The molecule has 138 valence electrons. The van der Waals surface area contributed by atoms with Crippen molar-refractivity contribution >= 4 is 28.2 Å². The Bertz CT molecular complexity index is 1180. The molecular weight excluding hydrogens is 372 g/mol. The fraction of sp³-hybridized carbons (Fsp3) is 0.0952. The van der Waals surface area contributed by atoms with E-state index >= 15 is 0 Å². The molecule has 7 heteroatoms. The maximum Gasteiger partial charge on any atom is 0.102 e. The largest absolute Gasteiger partial charge is 0.378 e. The minimum Gasteiger partial charge on any atom is -0.378 e. The van der Waals surface area contributed by atoms with E-state index in [9.17, 15) is 5.26 Å². The Hall–Kier alpha value is -3.40. The number of anilines is 1. The average molecular weight is 389 g/mol. The summed E-state index contributed by atoms with van der Waals surface area (Å²) in [7, 11) is 0. The van der Waals surface area contributed by atoms with E-state index in [0.29, 0.717) is 22.8 Å². The second-order valence-corrected chi connectivity index (χ2v) is 6.68. The first-order valence-electron chi connectivity index (χ1n) is 8.74. The second kappa shape index (κ2) is 7.69. The summed E-state index contributed by atoms with van der Waals surface area (Å²) in [6.07, 6.45) is 5.24. The van der Waals surface area contributed by atoms with Crippen LogP contribution in [0.25, 0.3) is 22.0 Å². The number of hydrogen-bond acceptors (Lipinski definition) is 5. The number of nitrogens with two attached hydrogens (primary N) is 1. The molecule has 0 saturated heterocycles. The van der Waals surface area contributed by atoms with Gasteiger partial charge in [0.15, 0.2) is 0 Å². The number of aromatic nitrogens is 3. The van der Waals surface area contributed by atoms with Crippen LogP contribution in [0, 0.1) is 11.3 Å². The van der Waals surface area contributed by atoms with Gasteiger partial charge in [0.1, 0.15) is 6.07 Å². The molecule has 2 aromatic carbocycles.